The summed E-state index contributed by atoms with van der Waals surface area (Å²) in [5.41, 5.74) is -0.262. The van der Waals surface area contributed by atoms with Crippen molar-refractivity contribution in [2.75, 3.05) is 0 Å². The number of carbonyl (C=O) groups is 2. The zero-order valence-corrected chi connectivity index (χ0v) is 19.3. The molecule has 4 heteroatoms. The smallest absolute Gasteiger partial charge is 0.310 e. The molecule has 6 atom stereocenters. The van der Waals surface area contributed by atoms with Crippen LogP contribution in [0.1, 0.15) is 85.5 Å². The van der Waals surface area contributed by atoms with E-state index in [4.69, 9.17) is 9.47 Å². The van der Waals surface area contributed by atoms with Crippen LogP contribution in [0.15, 0.2) is 0 Å². The molecule has 0 aliphatic heterocycles. The minimum atomic E-state index is -0.314. The summed E-state index contributed by atoms with van der Waals surface area (Å²) >= 11 is 0. The van der Waals surface area contributed by atoms with Crippen LogP contribution in [0, 0.1) is 53.3 Å². The van der Waals surface area contributed by atoms with Gasteiger partial charge in [-0.25, -0.2) is 0 Å². The summed E-state index contributed by atoms with van der Waals surface area (Å²) in [6.45, 7) is 8.38. The van der Waals surface area contributed by atoms with Crippen LogP contribution >= 0.6 is 0 Å². The van der Waals surface area contributed by atoms with E-state index in [-0.39, 0.29) is 30.1 Å². The van der Waals surface area contributed by atoms with Gasteiger partial charge in [-0.15, -0.1) is 0 Å². The van der Waals surface area contributed by atoms with Gasteiger partial charge in [-0.05, 0) is 105 Å². The Bertz CT molecular complexity index is 669. The van der Waals surface area contributed by atoms with E-state index >= 15 is 0 Å². The molecule has 0 heterocycles. The van der Waals surface area contributed by atoms with Gasteiger partial charge in [0, 0.05) is 6.92 Å². The Morgan fingerprint density at radius 3 is 2.07 bits per heavy atom. The van der Waals surface area contributed by atoms with Crippen LogP contribution < -0.4 is 0 Å². The monoisotopic (exact) mass is 416 g/mol. The number of ether oxygens (including phenoxy) is 2. The Morgan fingerprint density at radius 2 is 1.57 bits per heavy atom. The van der Waals surface area contributed by atoms with Crippen molar-refractivity contribution >= 4 is 11.9 Å². The van der Waals surface area contributed by atoms with Crippen molar-refractivity contribution < 1.29 is 19.1 Å². The minimum Gasteiger partial charge on any atom is -0.462 e. The molecular formula is C26H40O4. The number of hydrogen-bond acceptors (Lipinski definition) is 4. The molecule has 6 aliphatic rings. The Labute approximate surface area is 181 Å². The summed E-state index contributed by atoms with van der Waals surface area (Å²) < 4.78 is 12.2. The average molecular weight is 417 g/mol. The summed E-state index contributed by atoms with van der Waals surface area (Å²) in [6, 6.07) is 0. The van der Waals surface area contributed by atoms with Crippen molar-refractivity contribution in [3.63, 3.8) is 0 Å². The van der Waals surface area contributed by atoms with Crippen LogP contribution in [0.5, 0.6) is 0 Å². The van der Waals surface area contributed by atoms with Crippen LogP contribution in [0.25, 0.3) is 0 Å². The number of hydrogen-bond donors (Lipinski definition) is 0. The van der Waals surface area contributed by atoms with Crippen molar-refractivity contribution in [3.05, 3.63) is 0 Å². The van der Waals surface area contributed by atoms with E-state index in [0.717, 1.165) is 36.5 Å². The predicted molar refractivity (Wildman–Crippen MR) is 114 cm³/mol. The maximum absolute atomic E-state index is 13.3. The molecular weight excluding hydrogens is 376 g/mol. The first kappa shape index (κ1) is 20.8. The molecule has 0 saturated heterocycles. The molecule has 0 aromatic rings. The molecule has 0 N–H and O–H groups in total. The Morgan fingerprint density at radius 1 is 0.933 bits per heavy atom. The lowest BCUT2D eigenvalue weighted by atomic mass is 9.49. The zero-order valence-electron chi connectivity index (χ0n) is 19.3. The van der Waals surface area contributed by atoms with E-state index in [1.165, 1.54) is 45.4 Å². The summed E-state index contributed by atoms with van der Waals surface area (Å²) in [4.78, 5) is 25.2. The van der Waals surface area contributed by atoms with E-state index in [9.17, 15) is 9.59 Å². The Balaban J connectivity index is 1.30. The van der Waals surface area contributed by atoms with Crippen molar-refractivity contribution in [2.24, 2.45) is 53.3 Å². The van der Waals surface area contributed by atoms with Gasteiger partial charge in [0.2, 0.25) is 0 Å². The lowest BCUT2D eigenvalue weighted by Crippen LogP contribution is -2.59. The quantitative estimate of drug-likeness (QED) is 0.545. The third-order valence-corrected chi connectivity index (χ3v) is 10.5. The molecule has 0 spiro atoms. The first-order valence-electron chi connectivity index (χ1n) is 12.7. The van der Waals surface area contributed by atoms with Crippen molar-refractivity contribution in [1.29, 1.82) is 0 Å². The van der Waals surface area contributed by atoms with Gasteiger partial charge in [-0.1, -0.05) is 20.8 Å². The molecule has 6 aliphatic carbocycles. The van der Waals surface area contributed by atoms with Crippen LogP contribution in [0.4, 0.5) is 0 Å². The Kier molecular flexibility index (Phi) is 5.22. The first-order chi connectivity index (χ1) is 14.3. The SMILES string of the molecule is CCC1(OC(=O)CC(OC(C)=O)C2CC3CC2C(C)C3C)C2CC3CC(C2)CC1C3. The molecule has 4 nitrogen and oxygen atoms in total. The van der Waals surface area contributed by atoms with E-state index in [2.05, 4.69) is 20.8 Å². The number of esters is 2. The topological polar surface area (TPSA) is 52.6 Å². The van der Waals surface area contributed by atoms with Crippen molar-refractivity contribution in [2.45, 2.75) is 97.2 Å². The summed E-state index contributed by atoms with van der Waals surface area (Å²) in [5.74, 6) is 5.40. The predicted octanol–water partition coefficient (Wildman–Crippen LogP) is 5.38. The number of rotatable bonds is 6. The fourth-order valence-electron chi connectivity index (χ4n) is 9.14. The lowest BCUT2D eigenvalue weighted by molar-refractivity contribution is -0.213. The zero-order chi connectivity index (χ0) is 21.2. The van der Waals surface area contributed by atoms with Gasteiger partial charge in [0.05, 0.1) is 6.42 Å². The van der Waals surface area contributed by atoms with Gasteiger partial charge < -0.3 is 9.47 Å². The van der Waals surface area contributed by atoms with Gasteiger partial charge in [-0.3, -0.25) is 9.59 Å². The molecule has 6 rings (SSSR count). The third-order valence-electron chi connectivity index (χ3n) is 10.5. The normalized spacial score (nSPS) is 49.3. The van der Waals surface area contributed by atoms with Gasteiger partial charge in [-0.2, -0.15) is 0 Å². The second kappa shape index (κ2) is 7.52. The molecule has 0 aromatic carbocycles. The van der Waals surface area contributed by atoms with Crippen LogP contribution in [0.2, 0.25) is 0 Å². The third kappa shape index (κ3) is 3.23. The summed E-state index contributed by atoms with van der Waals surface area (Å²) in [6.07, 6.45) is 9.53. The lowest BCUT2D eigenvalue weighted by Gasteiger charge is -2.60. The van der Waals surface area contributed by atoms with E-state index in [1.807, 2.05) is 0 Å². The van der Waals surface area contributed by atoms with Gasteiger partial charge >= 0.3 is 11.9 Å². The van der Waals surface area contributed by atoms with Crippen LogP contribution in [0.3, 0.4) is 0 Å². The molecule has 0 aromatic heterocycles. The van der Waals surface area contributed by atoms with E-state index in [0.29, 0.717) is 29.6 Å². The van der Waals surface area contributed by atoms with Crippen LogP contribution in [-0.2, 0) is 19.1 Å². The van der Waals surface area contributed by atoms with E-state index < -0.39 is 0 Å². The maximum atomic E-state index is 13.3. The fourth-order valence-corrected chi connectivity index (χ4v) is 9.14. The molecule has 6 fully saturated rings. The van der Waals surface area contributed by atoms with Gasteiger partial charge in [0.25, 0.3) is 0 Å². The molecule has 168 valence electrons. The highest BCUT2D eigenvalue weighted by Crippen LogP contribution is 2.61. The van der Waals surface area contributed by atoms with Gasteiger partial charge in [0.1, 0.15) is 11.7 Å². The first-order valence-corrected chi connectivity index (χ1v) is 12.7. The highest BCUT2D eigenvalue weighted by molar-refractivity contribution is 5.72. The second-order valence-electron chi connectivity index (χ2n) is 11.7. The fraction of sp³-hybridized carbons (Fsp3) is 0.923. The minimum absolute atomic E-state index is 0.126. The second-order valence-corrected chi connectivity index (χ2v) is 11.7. The average Bonchev–Trinajstić information content (AvgIpc) is 3.23. The number of fused-ring (bicyclic) bond motifs is 2. The molecule has 0 amide bonds. The van der Waals surface area contributed by atoms with Crippen molar-refractivity contribution in [1.82, 2.24) is 0 Å². The Hall–Kier alpha value is -1.06. The molecule has 30 heavy (non-hydrogen) atoms. The van der Waals surface area contributed by atoms with Crippen LogP contribution in [-0.4, -0.2) is 23.6 Å². The summed E-state index contributed by atoms with van der Waals surface area (Å²) in [5, 5.41) is 0. The number of carbonyl (C=O) groups excluding carboxylic acids is 2. The van der Waals surface area contributed by atoms with E-state index in [1.54, 1.807) is 0 Å². The standard InChI is InChI=1S/C26H40O4/c1-5-26(20-7-17-6-18(9-20)10-21(26)8-17)30-25(28)13-24(29-16(4)27)23-12-19-11-22(23)15(3)14(19)2/h14-15,17-24H,5-13H2,1-4H3. The van der Waals surface area contributed by atoms with Crippen molar-refractivity contribution in [3.8, 4) is 0 Å². The van der Waals surface area contributed by atoms with Gasteiger partial charge in [0.15, 0.2) is 0 Å². The molecule has 6 saturated carbocycles. The summed E-state index contributed by atoms with van der Waals surface area (Å²) in [7, 11) is 0. The molecule has 6 bridgehead atoms. The largest absolute Gasteiger partial charge is 0.462 e. The highest BCUT2D eigenvalue weighted by atomic mass is 16.6. The molecule has 0 radical (unpaired) electrons. The highest BCUT2D eigenvalue weighted by Gasteiger charge is 2.59. The maximum Gasteiger partial charge on any atom is 0.310 e. The molecule has 6 unspecified atom stereocenters.